The first kappa shape index (κ1) is 54.7. The number of aromatic amines is 1. The van der Waals surface area contributed by atoms with Gasteiger partial charge in [0, 0.05) is 42.5 Å². The van der Waals surface area contributed by atoms with Crippen molar-refractivity contribution in [3.63, 3.8) is 0 Å². The monoisotopic (exact) mass is 1000 g/mol. The van der Waals surface area contributed by atoms with E-state index in [1.807, 2.05) is 6.92 Å². The van der Waals surface area contributed by atoms with Gasteiger partial charge in [0.2, 0.25) is 5.91 Å². The molecule has 402 valence electrons. The van der Waals surface area contributed by atoms with Gasteiger partial charge in [-0.25, -0.2) is 4.98 Å². The number of nitrogens with one attached hydrogen (secondary N) is 2. The molecular weight excluding hydrogens is 917 g/mol. The zero-order valence-corrected chi connectivity index (χ0v) is 42.7. The van der Waals surface area contributed by atoms with Crippen molar-refractivity contribution in [2.24, 2.45) is 79.1 Å². The maximum absolute atomic E-state index is 14.8. The molecule has 14 N–H and O–H groups in total. The Labute approximate surface area is 418 Å². The number of amides is 1. The van der Waals surface area contributed by atoms with Crippen molar-refractivity contribution >= 4 is 11.9 Å². The molecule has 6 fully saturated rings. The number of imidazole rings is 1. The largest absolute Gasteiger partial charge is 0.481 e. The minimum absolute atomic E-state index is 0.0406. The number of carboxylic acid groups (broad SMARTS) is 1. The zero-order valence-electron chi connectivity index (χ0n) is 42.7. The summed E-state index contributed by atoms with van der Waals surface area (Å²) in [6, 6.07) is -0.697. The van der Waals surface area contributed by atoms with Crippen molar-refractivity contribution in [1.82, 2.24) is 15.3 Å². The smallest absolute Gasteiger partial charge is 0.310 e. The number of carbonyl (C=O) groups is 2. The van der Waals surface area contributed by atoms with E-state index in [1.165, 1.54) is 6.33 Å². The number of H-pyrrole nitrogens is 1. The molecule has 22 atom stereocenters. The summed E-state index contributed by atoms with van der Waals surface area (Å²) >= 11 is 0. The van der Waals surface area contributed by atoms with Crippen molar-refractivity contribution in [3.05, 3.63) is 29.9 Å². The van der Waals surface area contributed by atoms with Gasteiger partial charge < -0.3 is 76.6 Å². The second-order valence-corrected chi connectivity index (χ2v) is 24.8. The molecule has 8 rings (SSSR count). The zero-order chi connectivity index (χ0) is 51.9. The topological polar surface area (TPSA) is 322 Å². The number of aliphatic hydroxyl groups is 9. The first-order valence-electron chi connectivity index (χ1n) is 26.6. The third-order valence-corrected chi connectivity index (χ3v) is 21.9. The van der Waals surface area contributed by atoms with E-state index < -0.39 is 130 Å². The number of aliphatic carboxylic acids is 1. The fourth-order valence-electron chi connectivity index (χ4n) is 17.7. The molecular formula is C53H86N4O14. The number of carboxylic acids is 1. The van der Waals surface area contributed by atoms with Crippen molar-refractivity contribution in [2.45, 2.75) is 180 Å². The standard InChI is InChI=1S/C53H86N4O14/c1-7-28-20-52(46(68)69)17-16-47(2,24-59)21-33(52)30-10-11-37-49(4,51(28,30)6)15-13-36-48(3,25-60)43(71-44-42(66)41(65)35(62)23-70-44)40(64)32(50(36,37)5)19-31-39(57-45(67)53(31,26-61)14-8-18-58)29(9-12-38(54)63)34-22-55-27-56-34/h10,22,27-29,31-33,35-44,58-66H,7-9,11-21,23-26,54H2,1-6H3,(H,55,56)(H,57,67)(H,68,69)/t28-,29+,31+,32+,33-,35+,36+,37-,38-,39-,40+,41-,42+,43+,44-,47-,48-,49+,50-,51+,52-,53-/m0/s1. The van der Waals surface area contributed by atoms with E-state index in [9.17, 15) is 60.7 Å². The average molecular weight is 1000 g/mol. The van der Waals surface area contributed by atoms with Crippen LogP contribution in [-0.2, 0) is 19.1 Å². The molecule has 18 heteroatoms. The summed E-state index contributed by atoms with van der Waals surface area (Å²) in [5.74, 6) is -4.12. The average Bonchev–Trinajstić information content (AvgIpc) is 3.97. The van der Waals surface area contributed by atoms with Crippen LogP contribution in [0.5, 0.6) is 0 Å². The van der Waals surface area contributed by atoms with Crippen LogP contribution in [0.1, 0.15) is 137 Å². The lowest BCUT2D eigenvalue weighted by Gasteiger charge is -2.74. The second kappa shape index (κ2) is 19.8. The quantitative estimate of drug-likeness (QED) is 0.0605. The number of nitrogens with two attached hydrogens (primary N) is 1. The fraction of sp³-hybridized carbons (Fsp3) is 0.868. The van der Waals surface area contributed by atoms with Gasteiger partial charge in [0.25, 0.3) is 0 Å². The number of aliphatic hydroxyl groups excluding tert-OH is 9. The molecule has 1 aromatic heterocycles. The minimum atomic E-state index is -1.70. The molecule has 7 aliphatic rings. The third kappa shape index (κ3) is 8.21. The predicted molar refractivity (Wildman–Crippen MR) is 258 cm³/mol. The van der Waals surface area contributed by atoms with E-state index in [-0.39, 0.29) is 69.2 Å². The predicted octanol–water partition coefficient (Wildman–Crippen LogP) is 2.29. The third-order valence-electron chi connectivity index (χ3n) is 21.9. The molecule has 18 nitrogen and oxygen atoms in total. The van der Waals surface area contributed by atoms with Gasteiger partial charge in [-0.1, -0.05) is 59.6 Å². The lowest BCUT2D eigenvalue weighted by molar-refractivity contribution is -0.341. The number of rotatable bonds is 17. The number of ether oxygens (including phenoxy) is 2. The summed E-state index contributed by atoms with van der Waals surface area (Å²) in [5.41, 5.74) is 1.72. The highest BCUT2D eigenvalue weighted by molar-refractivity contribution is 5.86. The number of hydrogen-bond donors (Lipinski definition) is 13. The summed E-state index contributed by atoms with van der Waals surface area (Å²) in [6.07, 6.45) is 0.979. The maximum Gasteiger partial charge on any atom is 0.310 e. The van der Waals surface area contributed by atoms with E-state index in [4.69, 9.17) is 15.2 Å². The van der Waals surface area contributed by atoms with Crippen molar-refractivity contribution in [3.8, 4) is 0 Å². The Morgan fingerprint density at radius 1 is 0.944 bits per heavy atom. The van der Waals surface area contributed by atoms with Crippen molar-refractivity contribution < 1.29 is 70.1 Å². The van der Waals surface area contributed by atoms with Crippen LogP contribution < -0.4 is 11.1 Å². The highest BCUT2D eigenvalue weighted by atomic mass is 16.7. The molecule has 0 aromatic carbocycles. The van der Waals surface area contributed by atoms with Gasteiger partial charge in [0.1, 0.15) is 24.5 Å². The summed E-state index contributed by atoms with van der Waals surface area (Å²) in [7, 11) is 0. The van der Waals surface area contributed by atoms with Gasteiger partial charge in [-0.3, -0.25) is 9.59 Å². The second-order valence-electron chi connectivity index (χ2n) is 24.8. The van der Waals surface area contributed by atoms with E-state index >= 15 is 0 Å². The Kier molecular flexibility index (Phi) is 15.3. The van der Waals surface area contributed by atoms with Gasteiger partial charge >= 0.3 is 5.97 Å². The van der Waals surface area contributed by atoms with Gasteiger partial charge in [0.15, 0.2) is 6.29 Å². The highest BCUT2D eigenvalue weighted by Crippen LogP contribution is 2.78. The lowest BCUT2D eigenvalue weighted by Crippen LogP contribution is -2.73. The fourth-order valence-corrected chi connectivity index (χ4v) is 17.7. The van der Waals surface area contributed by atoms with Crippen LogP contribution >= 0.6 is 0 Å². The number of fused-ring (bicyclic) bond motifs is 7. The molecule has 1 aromatic rings. The summed E-state index contributed by atoms with van der Waals surface area (Å²) in [4.78, 5) is 36.0. The number of carbonyl (C=O) groups excluding carboxylic acids is 1. The number of aromatic nitrogens is 2. The molecule has 0 spiro atoms. The van der Waals surface area contributed by atoms with Crippen LogP contribution in [0, 0.1) is 73.4 Å². The number of allylic oxidation sites excluding steroid dienone is 2. The Morgan fingerprint density at radius 2 is 1.68 bits per heavy atom. The molecule has 4 saturated carbocycles. The molecule has 3 heterocycles. The van der Waals surface area contributed by atoms with Gasteiger partial charge in [-0.15, -0.1) is 0 Å². The molecule has 0 unspecified atom stereocenters. The van der Waals surface area contributed by atoms with Crippen LogP contribution in [0.25, 0.3) is 0 Å². The molecule has 71 heavy (non-hydrogen) atoms. The van der Waals surface area contributed by atoms with E-state index in [1.54, 1.807) is 6.20 Å². The molecule has 2 aliphatic heterocycles. The lowest BCUT2D eigenvalue weighted by atomic mass is 9.30. The first-order chi connectivity index (χ1) is 33.5. The molecule has 2 saturated heterocycles. The Morgan fingerprint density at radius 3 is 2.28 bits per heavy atom. The van der Waals surface area contributed by atoms with Gasteiger partial charge in [-0.05, 0) is 134 Å². The van der Waals surface area contributed by atoms with E-state index in [0.717, 1.165) is 12.0 Å². The van der Waals surface area contributed by atoms with Crippen LogP contribution in [0.3, 0.4) is 0 Å². The van der Waals surface area contributed by atoms with Crippen LogP contribution in [-0.4, -0.2) is 155 Å². The summed E-state index contributed by atoms with van der Waals surface area (Å²) in [6.45, 7) is 11.3. The van der Waals surface area contributed by atoms with Gasteiger partial charge in [0.05, 0.1) is 49.2 Å². The van der Waals surface area contributed by atoms with Crippen molar-refractivity contribution in [1.29, 1.82) is 0 Å². The van der Waals surface area contributed by atoms with Crippen LogP contribution in [0.4, 0.5) is 0 Å². The molecule has 1 amide bonds. The van der Waals surface area contributed by atoms with Gasteiger partial charge in [-0.2, -0.15) is 0 Å². The summed E-state index contributed by atoms with van der Waals surface area (Å²) < 4.78 is 12.5. The van der Waals surface area contributed by atoms with Crippen LogP contribution in [0.15, 0.2) is 24.2 Å². The minimum Gasteiger partial charge on any atom is -0.481 e. The number of hydrogen-bond acceptors (Lipinski definition) is 15. The SMILES string of the molecule is CC[C@H]1C[C@@]2(C(=O)O)CC[C@](C)(CO)C[C@H]2C2=CC[C@@H]3[C@@]4(C)[C@H](C[C@@H]5[C@H]([C@H](CC[C@@H](N)O)c6cnc[nH]6)NC(=O)[C@]5(CO)CCCO)[C@@H](O)[C@@H](O[C@@H]5OC[C@@H](O)[C@H](O)[C@H]5O)[C@@](C)(CO)[C@H]4CC[C@@]3(C)[C@@]21C. The van der Waals surface area contributed by atoms with Crippen LogP contribution in [0.2, 0.25) is 0 Å². The van der Waals surface area contributed by atoms with E-state index in [0.29, 0.717) is 57.1 Å². The normalized spacial score (nSPS) is 48.3. The molecule has 5 aliphatic carbocycles. The number of nitrogens with zero attached hydrogens (tertiary/aromatic N) is 1. The maximum atomic E-state index is 14.8. The first-order valence-corrected chi connectivity index (χ1v) is 26.6. The Hall–Kier alpha value is -2.59. The molecule has 0 radical (unpaired) electrons. The Balaban J connectivity index is 1.32. The Bertz CT molecular complexity index is 2100. The summed E-state index contributed by atoms with van der Waals surface area (Å²) in [5, 5.41) is 116. The van der Waals surface area contributed by atoms with E-state index in [2.05, 4.69) is 56.0 Å². The highest BCUT2D eigenvalue weighted by Gasteiger charge is 2.75. The molecule has 0 bridgehead atoms. The van der Waals surface area contributed by atoms with Crippen molar-refractivity contribution in [2.75, 3.05) is 33.0 Å².